The van der Waals surface area contributed by atoms with Gasteiger partial charge in [0.25, 0.3) is 0 Å². The number of hydrogen-bond donors (Lipinski definition) is 4. The Morgan fingerprint density at radius 1 is 1.18 bits per heavy atom. The van der Waals surface area contributed by atoms with Crippen molar-refractivity contribution < 1.29 is 19.4 Å². The number of morpholine rings is 1. The largest absolute Gasteiger partial charge is 0.448 e. The lowest BCUT2D eigenvalue weighted by Crippen LogP contribution is -2.54. The Bertz CT molecular complexity index is 1610. The Balaban J connectivity index is 1.14. The molecule has 0 spiro atoms. The molecule has 16 heteroatoms. The van der Waals surface area contributed by atoms with Gasteiger partial charge in [-0.3, -0.25) is 4.90 Å². The molecule has 2 atom stereocenters. The van der Waals surface area contributed by atoms with Gasteiger partial charge < -0.3 is 35.4 Å². The van der Waals surface area contributed by atoms with Gasteiger partial charge in [0.2, 0.25) is 5.95 Å². The van der Waals surface area contributed by atoms with Crippen molar-refractivity contribution in [2.45, 2.75) is 37.5 Å². The summed E-state index contributed by atoms with van der Waals surface area (Å²) in [4.78, 5) is 25.3. The fraction of sp³-hybridized carbons (Fsp3) is 0.500. The van der Waals surface area contributed by atoms with Crippen LogP contribution in [0.15, 0.2) is 18.3 Å². The fourth-order valence-electron chi connectivity index (χ4n) is 5.25. The third-order valence-electron chi connectivity index (χ3n) is 7.79. The highest BCUT2D eigenvalue weighted by Crippen LogP contribution is 2.37. The highest BCUT2D eigenvalue weighted by molar-refractivity contribution is 6.36. The van der Waals surface area contributed by atoms with Gasteiger partial charge in [0.1, 0.15) is 12.7 Å². The maximum atomic E-state index is 12.4. The molecule has 1 aliphatic carbocycles. The van der Waals surface area contributed by atoms with E-state index < -0.39 is 18.2 Å². The van der Waals surface area contributed by atoms with Gasteiger partial charge in [0.05, 0.1) is 59.6 Å². The highest BCUT2D eigenvalue weighted by atomic mass is 35.5. The number of anilines is 4. The molecule has 3 aliphatic rings. The second-order valence-electron chi connectivity index (χ2n) is 10.9. The van der Waals surface area contributed by atoms with E-state index in [1.165, 1.54) is 10.7 Å². The van der Waals surface area contributed by atoms with Crippen molar-refractivity contribution in [1.82, 2.24) is 29.8 Å². The lowest BCUT2D eigenvalue weighted by Gasteiger charge is -2.38. The summed E-state index contributed by atoms with van der Waals surface area (Å²) >= 11 is 6.86. The molecular formula is C28H32ClN11O4. The van der Waals surface area contributed by atoms with E-state index in [1.54, 1.807) is 12.1 Å². The van der Waals surface area contributed by atoms with E-state index in [9.17, 15) is 20.4 Å². The number of hydrogen-bond acceptors (Lipinski definition) is 13. The summed E-state index contributed by atoms with van der Waals surface area (Å²) in [6.07, 6.45) is 2.42. The molecule has 1 aromatic carbocycles. The number of aliphatic hydroxyl groups is 1. The Morgan fingerprint density at radius 2 is 2.00 bits per heavy atom. The summed E-state index contributed by atoms with van der Waals surface area (Å²) in [5.41, 5.74) is 1.94. The molecule has 44 heavy (non-hydrogen) atoms. The number of benzene rings is 1. The molecule has 1 saturated carbocycles. The van der Waals surface area contributed by atoms with Crippen LogP contribution < -0.4 is 20.9 Å². The van der Waals surface area contributed by atoms with E-state index in [2.05, 4.69) is 48.1 Å². The summed E-state index contributed by atoms with van der Waals surface area (Å²) in [6, 6.07) is 7.25. The number of β-amino-alcohol motifs (C(OH)–C–C–N with tert-alkyl or cyclic N) is 1. The van der Waals surface area contributed by atoms with Gasteiger partial charge in [-0.25, -0.2) is 9.78 Å². The van der Waals surface area contributed by atoms with Gasteiger partial charge in [-0.05, 0) is 31.4 Å². The summed E-state index contributed by atoms with van der Waals surface area (Å²) in [6.45, 7) is 4.47. The fourth-order valence-corrected chi connectivity index (χ4v) is 5.52. The summed E-state index contributed by atoms with van der Waals surface area (Å²) < 4.78 is 12.1. The monoisotopic (exact) mass is 621 g/mol. The number of alkyl carbamates (subject to hydrolysis) is 1. The topological polar surface area (TPSA) is 189 Å². The minimum Gasteiger partial charge on any atom is -0.448 e. The van der Waals surface area contributed by atoms with E-state index in [0.29, 0.717) is 66.1 Å². The quantitative estimate of drug-likeness (QED) is 0.271. The predicted molar refractivity (Wildman–Crippen MR) is 160 cm³/mol. The molecule has 3 aromatic rings. The van der Waals surface area contributed by atoms with E-state index in [-0.39, 0.29) is 30.8 Å². The molecule has 6 rings (SSSR count). The van der Waals surface area contributed by atoms with Crippen LogP contribution in [0.1, 0.15) is 30.5 Å². The second kappa shape index (κ2) is 13.1. The van der Waals surface area contributed by atoms with Crippen LogP contribution in [0.2, 0.25) is 5.02 Å². The van der Waals surface area contributed by atoms with Crippen LogP contribution >= 0.6 is 11.6 Å². The van der Waals surface area contributed by atoms with Crippen molar-refractivity contribution in [3.63, 3.8) is 0 Å². The average Bonchev–Trinajstić information content (AvgIpc) is 3.75. The molecule has 2 saturated heterocycles. The van der Waals surface area contributed by atoms with Crippen LogP contribution in [-0.4, -0.2) is 106 Å². The third-order valence-corrected chi connectivity index (χ3v) is 8.19. The van der Waals surface area contributed by atoms with Crippen LogP contribution in [0.4, 0.5) is 27.9 Å². The normalized spacial score (nSPS) is 20.5. The lowest BCUT2D eigenvalue weighted by molar-refractivity contribution is 0.0270. The van der Waals surface area contributed by atoms with E-state index in [1.807, 2.05) is 4.90 Å². The van der Waals surface area contributed by atoms with E-state index >= 15 is 0 Å². The molecular weight excluding hydrogens is 590 g/mol. The van der Waals surface area contributed by atoms with Crippen molar-refractivity contribution in [3.05, 3.63) is 34.6 Å². The van der Waals surface area contributed by atoms with Gasteiger partial charge in [-0.15, -0.1) is 5.10 Å². The van der Waals surface area contributed by atoms with Crippen molar-refractivity contribution in [2.75, 3.05) is 68.1 Å². The summed E-state index contributed by atoms with van der Waals surface area (Å²) in [5, 5.41) is 44.2. The molecule has 230 valence electrons. The lowest BCUT2D eigenvalue weighted by atomic mass is 10.0. The number of fused-ring (bicyclic) bond motifs is 1. The van der Waals surface area contributed by atoms with Gasteiger partial charge in [0, 0.05) is 38.8 Å². The van der Waals surface area contributed by atoms with E-state index in [0.717, 1.165) is 25.9 Å². The first-order valence-corrected chi connectivity index (χ1v) is 14.9. The molecule has 1 amide bonds. The molecule has 0 unspecified atom stereocenters. The number of ether oxygens (including phenoxy) is 2. The van der Waals surface area contributed by atoms with Gasteiger partial charge >= 0.3 is 6.09 Å². The van der Waals surface area contributed by atoms with Crippen molar-refractivity contribution in [1.29, 1.82) is 10.5 Å². The zero-order valence-corrected chi connectivity index (χ0v) is 24.6. The number of rotatable bonds is 9. The molecule has 4 N–H and O–H groups in total. The Hall–Kier alpha value is -4.41. The standard InChI is InChI=1S/C28H32ClN11O4/c29-24-21(34-27-36-25(33-18-1-2-18)26-32-15-19(14-31)40(26)37-27)11-17(13-30)12-22(24)39-4-3-20(23(41)16-39)35-28(42)44-10-7-38-5-8-43-9-6-38/h11-12,15,18,20,23,41H,1-10,16H2,(H,35,42)(H2,33,34,36,37)/t20-,23-/m1/s1. The number of amides is 1. The number of nitrogens with one attached hydrogen (secondary N) is 3. The SMILES string of the molecule is N#Cc1cc(Nc2nc(NC3CC3)c3ncc(C#N)n3n2)c(Cl)c(N2CC[C@@H](NC(=O)OCCN3CCOCC3)[C@H](O)C2)c1. The van der Waals surface area contributed by atoms with Crippen LogP contribution in [0.5, 0.6) is 0 Å². The summed E-state index contributed by atoms with van der Waals surface area (Å²) in [7, 11) is 0. The molecule has 15 nitrogen and oxygen atoms in total. The zero-order chi connectivity index (χ0) is 30.6. The molecule has 2 aliphatic heterocycles. The highest BCUT2D eigenvalue weighted by Gasteiger charge is 2.31. The van der Waals surface area contributed by atoms with Crippen molar-refractivity contribution in [3.8, 4) is 12.1 Å². The van der Waals surface area contributed by atoms with Crippen molar-refractivity contribution in [2.24, 2.45) is 0 Å². The second-order valence-corrected chi connectivity index (χ2v) is 11.3. The minimum absolute atomic E-state index is 0.160. The number of nitrogens with zero attached hydrogens (tertiary/aromatic N) is 8. The number of nitriles is 2. The maximum Gasteiger partial charge on any atom is 0.407 e. The summed E-state index contributed by atoms with van der Waals surface area (Å²) in [5.74, 6) is 0.643. The Morgan fingerprint density at radius 3 is 2.73 bits per heavy atom. The van der Waals surface area contributed by atoms with Crippen LogP contribution in [-0.2, 0) is 9.47 Å². The molecule has 2 aromatic heterocycles. The van der Waals surface area contributed by atoms with Crippen molar-refractivity contribution >= 4 is 46.5 Å². The van der Waals surface area contributed by atoms with Crippen LogP contribution in [0, 0.1) is 22.7 Å². The number of carbonyl (C=O) groups is 1. The molecule has 3 fully saturated rings. The minimum atomic E-state index is -0.902. The average molecular weight is 622 g/mol. The van der Waals surface area contributed by atoms with E-state index in [4.69, 9.17) is 21.1 Å². The molecule has 0 radical (unpaired) electrons. The smallest absolute Gasteiger partial charge is 0.407 e. The third kappa shape index (κ3) is 6.71. The van der Waals surface area contributed by atoms with Crippen LogP contribution in [0.3, 0.4) is 0 Å². The van der Waals surface area contributed by atoms with Crippen LogP contribution in [0.25, 0.3) is 5.65 Å². The zero-order valence-electron chi connectivity index (χ0n) is 23.9. The molecule has 0 bridgehead atoms. The predicted octanol–water partition coefficient (Wildman–Crippen LogP) is 1.84. The maximum absolute atomic E-state index is 12.4. The number of imidazole rings is 1. The van der Waals surface area contributed by atoms with Gasteiger partial charge in [0.15, 0.2) is 17.2 Å². The first-order chi connectivity index (χ1) is 21.4. The number of halogens is 1. The number of aliphatic hydroxyl groups excluding tert-OH is 1. The van der Waals surface area contributed by atoms with Gasteiger partial charge in [-0.2, -0.15) is 20.0 Å². The Kier molecular flexibility index (Phi) is 8.81. The first kappa shape index (κ1) is 29.7. The molecule has 4 heterocycles. The number of aromatic nitrogens is 4. The number of carbonyl (C=O) groups excluding carboxylic acids is 1. The number of piperidine rings is 1. The first-order valence-electron chi connectivity index (χ1n) is 14.5. The Labute approximate surface area is 258 Å². The van der Waals surface area contributed by atoms with Gasteiger partial charge in [-0.1, -0.05) is 11.6 Å².